The zero-order chi connectivity index (χ0) is 46.5. The summed E-state index contributed by atoms with van der Waals surface area (Å²) in [5.41, 5.74) is 0. The predicted octanol–water partition coefficient (Wildman–Crippen LogP) is 16.1. The van der Waals surface area contributed by atoms with E-state index in [2.05, 4.69) is 24.1 Å². The van der Waals surface area contributed by atoms with E-state index in [1.54, 1.807) is 0 Å². The molecule has 0 aliphatic carbocycles. The van der Waals surface area contributed by atoms with Crippen LogP contribution in [0.25, 0.3) is 0 Å². The van der Waals surface area contributed by atoms with E-state index in [1.807, 2.05) is 5.94 Å². The number of ether oxygens (including phenoxy) is 2. The molecule has 0 saturated carbocycles. The van der Waals surface area contributed by atoms with Gasteiger partial charge in [-0.15, -0.1) is 0 Å². The van der Waals surface area contributed by atoms with Gasteiger partial charge in [-0.05, 0) is 90.5 Å². The van der Waals surface area contributed by atoms with Crippen LogP contribution in [0, 0.1) is 0 Å². The van der Waals surface area contributed by atoms with Gasteiger partial charge in [0.2, 0.25) is 0 Å². The van der Waals surface area contributed by atoms with Gasteiger partial charge in [-0.2, -0.15) is 0 Å². The van der Waals surface area contributed by atoms with E-state index in [9.17, 15) is 14.4 Å². The summed E-state index contributed by atoms with van der Waals surface area (Å²) >= 11 is 0. The molecule has 0 aromatic carbocycles. The summed E-state index contributed by atoms with van der Waals surface area (Å²) in [4.78, 5) is 37.1. The van der Waals surface area contributed by atoms with E-state index in [0.29, 0.717) is 31.8 Å². The number of carbonyl (C=O) groups excluding carboxylic acids is 2. The average Bonchev–Trinajstić information content (AvgIpc) is 3.29. The summed E-state index contributed by atoms with van der Waals surface area (Å²) < 4.78 is 11.3. The van der Waals surface area contributed by atoms with Gasteiger partial charge in [0.1, 0.15) is 0 Å². The van der Waals surface area contributed by atoms with Gasteiger partial charge in [-0.1, -0.05) is 213 Å². The minimum Gasteiger partial charge on any atom is -0.487 e. The highest BCUT2D eigenvalue weighted by molar-refractivity contribution is 5.69. The minimum atomic E-state index is -0.712. The molecule has 2 N–H and O–H groups in total. The third-order valence-corrected chi connectivity index (χ3v) is 13.0. The van der Waals surface area contributed by atoms with Crippen molar-refractivity contribution in [3.05, 3.63) is 5.76 Å². The molecule has 64 heavy (non-hydrogen) atoms. The number of nitrogens with zero attached hydrogens (tertiary/aromatic N) is 1. The first-order valence-corrected chi connectivity index (χ1v) is 28.2. The van der Waals surface area contributed by atoms with Crippen LogP contribution in [0.4, 0.5) is 0 Å². The molecule has 0 saturated heterocycles. The zero-order valence-electron chi connectivity index (χ0n) is 42.8. The lowest BCUT2D eigenvalue weighted by Crippen LogP contribution is -2.30. The molecule has 0 aliphatic rings. The van der Waals surface area contributed by atoms with Gasteiger partial charge in [-0.3, -0.25) is 9.59 Å². The summed E-state index contributed by atoms with van der Waals surface area (Å²) in [6.45, 7) is 10.7. The van der Waals surface area contributed by atoms with Crippen LogP contribution in [0.2, 0.25) is 0 Å². The topological polar surface area (TPSA) is 105 Å². The van der Waals surface area contributed by atoms with Gasteiger partial charge in [0.25, 0.3) is 0 Å². The predicted molar refractivity (Wildman–Crippen MR) is 273 cm³/mol. The molecule has 0 unspecified atom stereocenters. The molecule has 0 spiro atoms. The number of esters is 1. The molecule has 0 aliphatic heterocycles. The molecule has 0 bridgehead atoms. The highest BCUT2D eigenvalue weighted by Gasteiger charge is 2.08. The average molecular weight is 905 g/mol. The van der Waals surface area contributed by atoms with Crippen molar-refractivity contribution in [3.63, 3.8) is 0 Å². The van der Waals surface area contributed by atoms with Gasteiger partial charge < -0.3 is 24.8 Å². The van der Waals surface area contributed by atoms with Crippen molar-refractivity contribution in [2.75, 3.05) is 45.9 Å². The molecule has 0 aromatic rings. The molecule has 8 nitrogen and oxygen atoms in total. The van der Waals surface area contributed by atoms with Crippen molar-refractivity contribution in [2.45, 2.75) is 290 Å². The number of carboxylic acid groups (broad SMARTS) is 1. The largest absolute Gasteiger partial charge is 0.487 e. The lowest BCUT2D eigenvalue weighted by atomic mass is 10.0. The Morgan fingerprint density at radius 1 is 0.406 bits per heavy atom. The quantitative estimate of drug-likeness (QED) is 0.0269. The Morgan fingerprint density at radius 3 is 1.19 bits per heavy atom. The molecule has 0 fully saturated rings. The van der Waals surface area contributed by atoms with Crippen molar-refractivity contribution in [2.24, 2.45) is 0 Å². The molecular weight excluding hydrogens is 797 g/mol. The highest BCUT2D eigenvalue weighted by atomic mass is 16.5. The Hall–Kier alpha value is -1.89. The number of nitrogens with one attached hydrogen (secondary N) is 1. The summed E-state index contributed by atoms with van der Waals surface area (Å²) in [5.74, 6) is 1.75. The van der Waals surface area contributed by atoms with Crippen molar-refractivity contribution in [3.8, 4) is 0 Å². The van der Waals surface area contributed by atoms with Crippen molar-refractivity contribution in [1.82, 2.24) is 10.2 Å². The van der Waals surface area contributed by atoms with Crippen LogP contribution >= 0.6 is 0 Å². The maximum absolute atomic E-state index is 12.3. The minimum absolute atomic E-state index is 0.0484. The monoisotopic (exact) mass is 905 g/mol. The Labute approximate surface area is 397 Å². The smallest absolute Gasteiger partial charge is 0.305 e. The van der Waals surface area contributed by atoms with Crippen LogP contribution in [0.1, 0.15) is 290 Å². The normalized spacial score (nSPS) is 11.4. The fraction of sp³-hybridized carbons (Fsp3) is 0.929. The van der Waals surface area contributed by atoms with E-state index in [-0.39, 0.29) is 12.4 Å². The maximum Gasteiger partial charge on any atom is 0.305 e. The van der Waals surface area contributed by atoms with Crippen molar-refractivity contribution < 1.29 is 29.0 Å². The molecule has 0 rings (SSSR count). The highest BCUT2D eigenvalue weighted by Crippen LogP contribution is 2.16. The van der Waals surface area contributed by atoms with Crippen LogP contribution in [-0.2, 0) is 23.9 Å². The number of rotatable bonds is 55. The standard InChI is InChI=1S/C56H108N2O6/c1-3-5-7-9-11-13-15-16-17-18-19-20-21-22-23-24-26-28-30-41-52-64-56(62)45-36-33-39-49-58(48-38-32-35-44-55(60)61)50-42-47-57-46-37-31-34-43-54(53-59)63-51-40-29-27-25-14-12-10-8-6-4-2/h57H,3-52H2,1-2H3,(H,60,61). The number of carboxylic acids is 1. The number of hydrogen-bond donors (Lipinski definition) is 2. The number of unbranched alkanes of at least 4 members (excludes halogenated alkanes) is 34. The van der Waals surface area contributed by atoms with Crippen LogP contribution < -0.4 is 5.32 Å². The fourth-order valence-corrected chi connectivity index (χ4v) is 8.72. The Balaban J connectivity index is 3.84. The number of aliphatic carboxylic acids is 1. The molecule has 0 aromatic heterocycles. The first-order valence-electron chi connectivity index (χ1n) is 28.2. The Kier molecular flexibility index (Phi) is 52.1. The van der Waals surface area contributed by atoms with Gasteiger partial charge in [0.05, 0.1) is 13.2 Å². The van der Waals surface area contributed by atoms with Crippen molar-refractivity contribution >= 4 is 17.9 Å². The molecule has 378 valence electrons. The molecule has 0 atom stereocenters. The van der Waals surface area contributed by atoms with Crippen LogP contribution in [0.15, 0.2) is 5.76 Å². The molecule has 8 heteroatoms. The van der Waals surface area contributed by atoms with Crippen molar-refractivity contribution in [1.29, 1.82) is 0 Å². The summed E-state index contributed by atoms with van der Waals surface area (Å²) in [6.07, 6.45) is 51.5. The van der Waals surface area contributed by atoms with Crippen LogP contribution in [0.3, 0.4) is 0 Å². The Bertz CT molecular complexity index is 1020. The van der Waals surface area contributed by atoms with E-state index in [4.69, 9.17) is 14.6 Å². The SMILES string of the molecule is CCCCCCCCCCCCCCCCCCCCCCOC(=O)CCCCCN(CCCCCC(=O)O)CCCNCCCCCC(=C=O)OCCCCCCCCCCCC. The fourth-order valence-electron chi connectivity index (χ4n) is 8.72. The summed E-state index contributed by atoms with van der Waals surface area (Å²) in [6, 6.07) is 0. The lowest BCUT2D eigenvalue weighted by Gasteiger charge is -2.22. The maximum atomic E-state index is 12.3. The van der Waals surface area contributed by atoms with Crippen LogP contribution in [0.5, 0.6) is 0 Å². The van der Waals surface area contributed by atoms with E-state index >= 15 is 0 Å². The third-order valence-electron chi connectivity index (χ3n) is 13.0. The first-order chi connectivity index (χ1) is 31.5. The lowest BCUT2D eigenvalue weighted by molar-refractivity contribution is -0.144. The van der Waals surface area contributed by atoms with Gasteiger partial charge in [0.15, 0.2) is 11.7 Å². The number of carbonyl (C=O) groups is 2. The second kappa shape index (κ2) is 53.7. The second-order valence-electron chi connectivity index (χ2n) is 19.3. The Morgan fingerprint density at radius 2 is 0.750 bits per heavy atom. The summed E-state index contributed by atoms with van der Waals surface area (Å²) in [7, 11) is 0. The molecular formula is C56H108N2O6. The van der Waals surface area contributed by atoms with E-state index in [1.165, 1.54) is 173 Å². The number of hydrogen-bond acceptors (Lipinski definition) is 7. The van der Waals surface area contributed by atoms with Gasteiger partial charge in [-0.25, -0.2) is 4.79 Å². The van der Waals surface area contributed by atoms with Gasteiger partial charge >= 0.3 is 11.9 Å². The van der Waals surface area contributed by atoms with E-state index in [0.717, 1.165) is 116 Å². The number of allylic oxidation sites excluding steroid dienone is 1. The second-order valence-corrected chi connectivity index (χ2v) is 19.3. The first kappa shape index (κ1) is 62.1. The third kappa shape index (κ3) is 51.1. The molecule has 0 amide bonds. The van der Waals surface area contributed by atoms with Crippen LogP contribution in [-0.4, -0.2) is 73.8 Å². The summed E-state index contributed by atoms with van der Waals surface area (Å²) in [5, 5.41) is 12.6. The van der Waals surface area contributed by atoms with Gasteiger partial charge in [0, 0.05) is 19.3 Å². The zero-order valence-corrected chi connectivity index (χ0v) is 42.8. The van der Waals surface area contributed by atoms with E-state index < -0.39 is 5.97 Å². The molecule has 0 heterocycles. The molecule has 0 radical (unpaired) electrons.